The maximum Gasteiger partial charge on any atom is 0.314 e. The highest BCUT2D eigenvalue weighted by Gasteiger charge is 2.28. The number of nitrogens with zero attached hydrogens (tertiary/aromatic N) is 2. The standard InChI is InChI=1S/C6H3Br2N3O4/c7-2-1-3(10(12)13)4(8)6(5(2)9)11(14)15/h1H,9H2. The third-order valence-corrected chi connectivity index (χ3v) is 3.03. The van der Waals surface area contributed by atoms with Crippen molar-refractivity contribution in [2.24, 2.45) is 0 Å². The molecule has 0 bridgehead atoms. The van der Waals surface area contributed by atoms with Crippen molar-refractivity contribution in [3.05, 3.63) is 35.2 Å². The molecule has 15 heavy (non-hydrogen) atoms. The zero-order valence-corrected chi connectivity index (χ0v) is 10.1. The summed E-state index contributed by atoms with van der Waals surface area (Å²) in [4.78, 5) is 19.7. The average molecular weight is 341 g/mol. The number of rotatable bonds is 2. The summed E-state index contributed by atoms with van der Waals surface area (Å²) in [5.74, 6) is 0. The van der Waals surface area contributed by atoms with Gasteiger partial charge in [0.05, 0.1) is 14.3 Å². The minimum Gasteiger partial charge on any atom is -0.392 e. The van der Waals surface area contributed by atoms with E-state index in [1.165, 1.54) is 0 Å². The predicted octanol–water partition coefficient (Wildman–Crippen LogP) is 2.61. The summed E-state index contributed by atoms with van der Waals surface area (Å²) < 4.78 is -0.123. The monoisotopic (exact) mass is 339 g/mol. The number of benzene rings is 1. The Labute approximate surface area is 99.8 Å². The molecule has 0 atom stereocenters. The highest BCUT2D eigenvalue weighted by atomic mass is 79.9. The molecule has 0 aliphatic carbocycles. The molecule has 80 valence electrons. The Morgan fingerprint density at radius 3 is 2.13 bits per heavy atom. The van der Waals surface area contributed by atoms with E-state index < -0.39 is 21.2 Å². The van der Waals surface area contributed by atoms with Crippen molar-refractivity contribution in [2.45, 2.75) is 0 Å². The fraction of sp³-hybridized carbons (Fsp3) is 0. The van der Waals surface area contributed by atoms with Crippen LogP contribution in [0, 0.1) is 20.2 Å². The second-order valence-electron chi connectivity index (χ2n) is 2.47. The van der Waals surface area contributed by atoms with Gasteiger partial charge in [0.25, 0.3) is 5.69 Å². The van der Waals surface area contributed by atoms with E-state index in [2.05, 4.69) is 31.9 Å². The van der Waals surface area contributed by atoms with Gasteiger partial charge in [0.15, 0.2) is 4.47 Å². The van der Waals surface area contributed by atoms with Crippen molar-refractivity contribution >= 4 is 48.9 Å². The van der Waals surface area contributed by atoms with Crippen LogP contribution in [0.4, 0.5) is 17.1 Å². The van der Waals surface area contributed by atoms with Gasteiger partial charge in [0.1, 0.15) is 5.69 Å². The van der Waals surface area contributed by atoms with Gasteiger partial charge in [-0.25, -0.2) is 0 Å². The van der Waals surface area contributed by atoms with Crippen molar-refractivity contribution in [1.82, 2.24) is 0 Å². The second-order valence-corrected chi connectivity index (χ2v) is 4.12. The Morgan fingerprint density at radius 2 is 1.73 bits per heavy atom. The molecule has 0 fully saturated rings. The van der Waals surface area contributed by atoms with Gasteiger partial charge in [-0.2, -0.15) is 0 Å². The quantitative estimate of drug-likeness (QED) is 0.505. The number of hydrogen-bond acceptors (Lipinski definition) is 5. The normalized spacial score (nSPS) is 10.0. The molecule has 9 heteroatoms. The van der Waals surface area contributed by atoms with Crippen LogP contribution in [-0.2, 0) is 0 Å². The van der Waals surface area contributed by atoms with Crippen LogP contribution in [0.3, 0.4) is 0 Å². The molecule has 1 aromatic rings. The Hall–Kier alpha value is -1.22. The fourth-order valence-corrected chi connectivity index (χ4v) is 1.95. The number of nitro groups is 2. The summed E-state index contributed by atoms with van der Waals surface area (Å²) in [6, 6.07) is 1.10. The van der Waals surface area contributed by atoms with Gasteiger partial charge in [-0.3, -0.25) is 20.2 Å². The zero-order chi connectivity index (χ0) is 11.7. The van der Waals surface area contributed by atoms with E-state index in [1.807, 2.05) is 0 Å². The summed E-state index contributed by atoms with van der Waals surface area (Å²) in [5, 5.41) is 21.2. The van der Waals surface area contributed by atoms with E-state index in [0.29, 0.717) is 0 Å². The minimum atomic E-state index is -0.781. The van der Waals surface area contributed by atoms with Crippen LogP contribution >= 0.6 is 31.9 Å². The molecule has 0 radical (unpaired) electrons. The first kappa shape index (κ1) is 11.9. The maximum atomic E-state index is 10.6. The van der Waals surface area contributed by atoms with Gasteiger partial charge in [-0.05, 0) is 31.9 Å². The van der Waals surface area contributed by atoms with Crippen LogP contribution in [0.1, 0.15) is 0 Å². The average Bonchev–Trinajstić information content (AvgIpc) is 2.10. The van der Waals surface area contributed by atoms with E-state index in [-0.39, 0.29) is 14.6 Å². The smallest absolute Gasteiger partial charge is 0.314 e. The number of nitro benzene ring substituents is 2. The van der Waals surface area contributed by atoms with Gasteiger partial charge in [0.2, 0.25) is 0 Å². The number of halogens is 2. The van der Waals surface area contributed by atoms with Crippen molar-refractivity contribution in [1.29, 1.82) is 0 Å². The van der Waals surface area contributed by atoms with Crippen LogP contribution in [0.15, 0.2) is 15.0 Å². The van der Waals surface area contributed by atoms with Gasteiger partial charge in [0, 0.05) is 6.07 Å². The molecule has 2 N–H and O–H groups in total. The van der Waals surface area contributed by atoms with Crippen LogP contribution < -0.4 is 5.73 Å². The predicted molar refractivity (Wildman–Crippen MR) is 59.6 cm³/mol. The van der Waals surface area contributed by atoms with E-state index in [0.717, 1.165) is 6.07 Å². The first-order valence-corrected chi connectivity index (χ1v) is 5.01. The topological polar surface area (TPSA) is 112 Å². The fourth-order valence-electron chi connectivity index (χ4n) is 0.925. The number of nitrogen functional groups attached to an aromatic ring is 1. The first-order chi connectivity index (χ1) is 6.86. The van der Waals surface area contributed by atoms with Crippen LogP contribution in [0.25, 0.3) is 0 Å². The van der Waals surface area contributed by atoms with Crippen LogP contribution in [-0.4, -0.2) is 9.85 Å². The minimum absolute atomic E-state index is 0.115. The molecule has 0 spiro atoms. The first-order valence-electron chi connectivity index (χ1n) is 3.42. The lowest BCUT2D eigenvalue weighted by Gasteiger charge is -2.02. The van der Waals surface area contributed by atoms with Crippen molar-refractivity contribution in [3.63, 3.8) is 0 Å². The Morgan fingerprint density at radius 1 is 1.20 bits per heavy atom. The molecule has 0 amide bonds. The Balaban J connectivity index is 3.63. The Kier molecular flexibility index (Phi) is 3.25. The highest BCUT2D eigenvalue weighted by molar-refractivity contribution is 9.11. The lowest BCUT2D eigenvalue weighted by atomic mass is 10.2. The van der Waals surface area contributed by atoms with Crippen LogP contribution in [0.2, 0.25) is 0 Å². The summed E-state index contributed by atoms with van der Waals surface area (Å²) in [7, 11) is 0. The van der Waals surface area contributed by atoms with Crippen molar-refractivity contribution in [2.75, 3.05) is 5.73 Å². The summed E-state index contributed by atoms with van der Waals surface area (Å²) in [5.41, 5.74) is 4.33. The molecule has 0 unspecified atom stereocenters. The lowest BCUT2D eigenvalue weighted by Crippen LogP contribution is -2.00. The maximum absolute atomic E-state index is 10.6. The van der Waals surface area contributed by atoms with Gasteiger partial charge < -0.3 is 5.73 Å². The molecule has 0 saturated heterocycles. The van der Waals surface area contributed by atoms with Gasteiger partial charge in [-0.15, -0.1) is 0 Å². The SMILES string of the molecule is Nc1c(Br)cc([N+](=O)[O-])c(Br)c1[N+](=O)[O-]. The number of anilines is 1. The number of hydrogen-bond donors (Lipinski definition) is 1. The lowest BCUT2D eigenvalue weighted by molar-refractivity contribution is -0.395. The van der Waals surface area contributed by atoms with E-state index in [1.54, 1.807) is 0 Å². The largest absolute Gasteiger partial charge is 0.392 e. The van der Waals surface area contributed by atoms with Gasteiger partial charge in [-0.1, -0.05) is 0 Å². The van der Waals surface area contributed by atoms with Crippen molar-refractivity contribution < 1.29 is 9.85 Å². The number of nitrogens with two attached hydrogens (primary N) is 1. The molecule has 1 aromatic carbocycles. The third kappa shape index (κ3) is 2.07. The van der Waals surface area contributed by atoms with Gasteiger partial charge >= 0.3 is 5.69 Å². The van der Waals surface area contributed by atoms with E-state index in [9.17, 15) is 20.2 Å². The van der Waals surface area contributed by atoms with E-state index >= 15 is 0 Å². The third-order valence-electron chi connectivity index (χ3n) is 1.59. The summed E-state index contributed by atoms with van der Waals surface area (Å²) in [6.07, 6.45) is 0. The van der Waals surface area contributed by atoms with Crippen LogP contribution in [0.5, 0.6) is 0 Å². The van der Waals surface area contributed by atoms with E-state index in [4.69, 9.17) is 5.73 Å². The molecular weight excluding hydrogens is 338 g/mol. The van der Waals surface area contributed by atoms with Crippen molar-refractivity contribution in [3.8, 4) is 0 Å². The molecule has 0 aromatic heterocycles. The zero-order valence-electron chi connectivity index (χ0n) is 6.94. The highest BCUT2D eigenvalue weighted by Crippen LogP contribution is 2.42. The molecule has 0 saturated carbocycles. The summed E-state index contributed by atoms with van der Waals surface area (Å²) in [6.45, 7) is 0. The molecule has 7 nitrogen and oxygen atoms in total. The molecule has 0 aliphatic heterocycles. The second kappa shape index (κ2) is 4.11. The molecular formula is C6H3Br2N3O4. The molecule has 1 rings (SSSR count). The molecule has 0 aliphatic rings. The summed E-state index contributed by atoms with van der Waals surface area (Å²) >= 11 is 5.70. The Bertz CT molecular complexity index is 462. The molecule has 0 heterocycles.